The molecule has 0 aliphatic carbocycles. The van der Waals surface area contributed by atoms with Crippen LogP contribution in [0.3, 0.4) is 0 Å². The molecule has 1 aliphatic rings. The Hall–Kier alpha value is -4.85. The molecule has 0 saturated heterocycles. The van der Waals surface area contributed by atoms with Gasteiger partial charge < -0.3 is 19.6 Å². The van der Waals surface area contributed by atoms with Crippen molar-refractivity contribution in [3.8, 4) is 5.75 Å². The van der Waals surface area contributed by atoms with Crippen LogP contribution in [0.15, 0.2) is 94.6 Å². The summed E-state index contributed by atoms with van der Waals surface area (Å²) in [6, 6.07) is 21.1. The van der Waals surface area contributed by atoms with Gasteiger partial charge in [0.25, 0.3) is 5.91 Å². The molecule has 2 aromatic heterocycles. The van der Waals surface area contributed by atoms with E-state index in [4.69, 9.17) is 4.42 Å². The zero-order valence-corrected chi connectivity index (χ0v) is 17.6. The van der Waals surface area contributed by atoms with Crippen LogP contribution in [0.25, 0.3) is 22.0 Å². The first-order valence-electron chi connectivity index (χ1n) is 10.5. The summed E-state index contributed by atoms with van der Waals surface area (Å²) >= 11 is 0. The number of benzene rings is 3. The van der Waals surface area contributed by atoms with Crippen LogP contribution in [0, 0.1) is 0 Å². The molecule has 1 aliphatic heterocycles. The standard InChI is InChI=1S/C26H17N3O5/c30-16-11-9-14(10-12-16)22-21(23(31)20-13-15-5-1-4-8-19(15)34-20)24(32)25(33)29(22)26-27-17-6-2-3-7-18(17)28-26/h1-13,22,30,32H,(H,27,28). The number of aliphatic hydroxyl groups is 1. The van der Waals surface area contributed by atoms with E-state index < -0.39 is 23.5 Å². The summed E-state index contributed by atoms with van der Waals surface area (Å²) in [5, 5.41) is 21.4. The van der Waals surface area contributed by atoms with Crippen LogP contribution in [0.2, 0.25) is 0 Å². The molecule has 0 bridgehead atoms. The van der Waals surface area contributed by atoms with Gasteiger partial charge in [-0.1, -0.05) is 42.5 Å². The summed E-state index contributed by atoms with van der Waals surface area (Å²) in [7, 11) is 0. The number of ketones is 1. The second-order valence-corrected chi connectivity index (χ2v) is 7.99. The van der Waals surface area contributed by atoms with Gasteiger partial charge in [-0.05, 0) is 42.0 Å². The highest BCUT2D eigenvalue weighted by Crippen LogP contribution is 2.42. The molecule has 1 atom stereocenters. The Morgan fingerprint density at radius 1 is 0.971 bits per heavy atom. The summed E-state index contributed by atoms with van der Waals surface area (Å²) < 4.78 is 5.73. The maximum absolute atomic E-state index is 13.6. The van der Waals surface area contributed by atoms with Crippen LogP contribution in [0.4, 0.5) is 5.95 Å². The topological polar surface area (TPSA) is 120 Å². The largest absolute Gasteiger partial charge is 0.508 e. The molecule has 5 aromatic rings. The van der Waals surface area contributed by atoms with Gasteiger partial charge >= 0.3 is 0 Å². The van der Waals surface area contributed by atoms with Gasteiger partial charge in [-0.25, -0.2) is 4.98 Å². The Morgan fingerprint density at radius 3 is 2.47 bits per heavy atom. The van der Waals surface area contributed by atoms with E-state index in [1.165, 1.54) is 17.0 Å². The van der Waals surface area contributed by atoms with Crippen LogP contribution in [-0.2, 0) is 4.79 Å². The number of rotatable bonds is 4. The smallest absolute Gasteiger partial charge is 0.296 e. The van der Waals surface area contributed by atoms with Gasteiger partial charge in [0, 0.05) is 5.39 Å². The number of furan rings is 1. The first kappa shape index (κ1) is 19.8. The molecule has 0 saturated carbocycles. The van der Waals surface area contributed by atoms with E-state index in [1.807, 2.05) is 30.3 Å². The first-order chi connectivity index (χ1) is 16.5. The second kappa shape index (κ2) is 7.35. The Morgan fingerprint density at radius 2 is 1.71 bits per heavy atom. The molecule has 8 heteroatoms. The van der Waals surface area contributed by atoms with Crippen molar-refractivity contribution in [2.24, 2.45) is 0 Å². The van der Waals surface area contributed by atoms with Gasteiger partial charge in [0.2, 0.25) is 11.7 Å². The number of para-hydroxylation sites is 3. The number of Topliss-reactive ketones (excluding diaryl/α,β-unsaturated/α-hetero) is 1. The highest BCUT2D eigenvalue weighted by Gasteiger charge is 2.46. The van der Waals surface area contributed by atoms with E-state index in [0.29, 0.717) is 22.2 Å². The quantitative estimate of drug-likeness (QED) is 0.338. The van der Waals surface area contributed by atoms with Gasteiger partial charge in [-0.3, -0.25) is 14.5 Å². The zero-order valence-electron chi connectivity index (χ0n) is 17.6. The maximum Gasteiger partial charge on any atom is 0.296 e. The summed E-state index contributed by atoms with van der Waals surface area (Å²) in [5.74, 6) is -1.84. The molecule has 6 rings (SSSR count). The average molecular weight is 451 g/mol. The SMILES string of the molecule is O=C(C1=C(O)C(=O)N(c2nc3ccccc3[nH]2)C1c1ccc(O)cc1)c1cc2ccccc2o1. The number of hydrogen-bond donors (Lipinski definition) is 3. The van der Waals surface area contributed by atoms with Crippen molar-refractivity contribution in [2.75, 3.05) is 4.90 Å². The third-order valence-electron chi connectivity index (χ3n) is 5.92. The van der Waals surface area contributed by atoms with Crippen LogP contribution >= 0.6 is 0 Å². The molecular weight excluding hydrogens is 434 g/mol. The fraction of sp³-hybridized carbons (Fsp3) is 0.0385. The number of fused-ring (bicyclic) bond motifs is 2. The third-order valence-corrected chi connectivity index (χ3v) is 5.92. The number of phenols is 1. The fourth-order valence-electron chi connectivity index (χ4n) is 4.31. The van der Waals surface area contributed by atoms with Gasteiger partial charge in [0.1, 0.15) is 11.3 Å². The molecule has 0 spiro atoms. The first-order valence-corrected chi connectivity index (χ1v) is 10.5. The lowest BCUT2D eigenvalue weighted by Gasteiger charge is -2.24. The number of H-pyrrole nitrogens is 1. The monoisotopic (exact) mass is 451 g/mol. The molecule has 1 amide bonds. The van der Waals surface area contributed by atoms with E-state index >= 15 is 0 Å². The number of aromatic hydroxyl groups is 1. The predicted octanol–water partition coefficient (Wildman–Crippen LogP) is 4.80. The van der Waals surface area contributed by atoms with Crippen LogP contribution in [0.5, 0.6) is 5.75 Å². The minimum absolute atomic E-state index is 0.00536. The predicted molar refractivity (Wildman–Crippen MR) is 125 cm³/mol. The second-order valence-electron chi connectivity index (χ2n) is 7.99. The molecule has 3 aromatic carbocycles. The Bertz CT molecular complexity index is 1560. The Labute approximate surface area is 192 Å². The van der Waals surface area contributed by atoms with Crippen LogP contribution in [0.1, 0.15) is 22.2 Å². The summed E-state index contributed by atoms with van der Waals surface area (Å²) in [6.07, 6.45) is 0. The number of phenolic OH excluding ortho intramolecular Hbond substituents is 1. The molecule has 166 valence electrons. The van der Waals surface area contributed by atoms with E-state index in [2.05, 4.69) is 9.97 Å². The molecule has 3 N–H and O–H groups in total. The minimum atomic E-state index is -0.991. The summed E-state index contributed by atoms with van der Waals surface area (Å²) in [6.45, 7) is 0. The molecule has 1 unspecified atom stereocenters. The number of nitrogens with one attached hydrogen (secondary N) is 1. The average Bonchev–Trinajstić information content (AvgIpc) is 3.53. The number of aromatic amines is 1. The third kappa shape index (κ3) is 2.96. The zero-order chi connectivity index (χ0) is 23.4. The van der Waals surface area contributed by atoms with Crippen LogP contribution in [-0.4, -0.2) is 31.9 Å². The van der Waals surface area contributed by atoms with Gasteiger partial charge in [0.05, 0.1) is 22.6 Å². The number of carbonyl (C=O) groups excluding carboxylic acids is 2. The van der Waals surface area contributed by atoms with Crippen molar-refractivity contribution in [3.63, 3.8) is 0 Å². The fourth-order valence-corrected chi connectivity index (χ4v) is 4.31. The molecular formula is C26H17N3O5. The lowest BCUT2D eigenvalue weighted by atomic mass is 9.95. The van der Waals surface area contributed by atoms with Crippen molar-refractivity contribution in [1.29, 1.82) is 0 Å². The summed E-state index contributed by atoms with van der Waals surface area (Å²) in [4.78, 5) is 35.7. The number of amides is 1. The lowest BCUT2D eigenvalue weighted by Crippen LogP contribution is -2.32. The number of aromatic nitrogens is 2. The Kier molecular flexibility index (Phi) is 4.28. The van der Waals surface area contributed by atoms with E-state index in [1.54, 1.807) is 36.4 Å². The van der Waals surface area contributed by atoms with E-state index in [-0.39, 0.29) is 23.0 Å². The number of hydrogen-bond acceptors (Lipinski definition) is 6. The normalized spacial score (nSPS) is 16.2. The molecule has 34 heavy (non-hydrogen) atoms. The van der Waals surface area contributed by atoms with Crippen molar-refractivity contribution < 1.29 is 24.2 Å². The van der Waals surface area contributed by atoms with Crippen molar-refractivity contribution in [1.82, 2.24) is 9.97 Å². The maximum atomic E-state index is 13.6. The number of anilines is 1. The summed E-state index contributed by atoms with van der Waals surface area (Å²) in [5.41, 5.74) is 2.23. The molecule has 0 fully saturated rings. The van der Waals surface area contributed by atoms with E-state index in [9.17, 15) is 19.8 Å². The Balaban J connectivity index is 1.52. The molecule has 0 radical (unpaired) electrons. The number of aliphatic hydroxyl groups excluding tert-OH is 1. The van der Waals surface area contributed by atoms with Gasteiger partial charge in [-0.2, -0.15) is 0 Å². The number of imidazole rings is 1. The van der Waals surface area contributed by atoms with Gasteiger partial charge in [-0.15, -0.1) is 0 Å². The number of carbonyl (C=O) groups is 2. The number of nitrogens with zero attached hydrogens (tertiary/aromatic N) is 2. The van der Waals surface area contributed by atoms with Crippen molar-refractivity contribution in [3.05, 3.63) is 102 Å². The minimum Gasteiger partial charge on any atom is -0.508 e. The molecule has 3 heterocycles. The van der Waals surface area contributed by atoms with Gasteiger partial charge in [0.15, 0.2) is 11.5 Å². The highest BCUT2D eigenvalue weighted by atomic mass is 16.3. The highest BCUT2D eigenvalue weighted by molar-refractivity contribution is 6.20. The van der Waals surface area contributed by atoms with Crippen molar-refractivity contribution >= 4 is 39.6 Å². The van der Waals surface area contributed by atoms with E-state index in [0.717, 1.165) is 5.39 Å². The van der Waals surface area contributed by atoms with Crippen molar-refractivity contribution in [2.45, 2.75) is 6.04 Å². The molecule has 8 nitrogen and oxygen atoms in total. The van der Waals surface area contributed by atoms with Crippen LogP contribution < -0.4 is 4.90 Å². The lowest BCUT2D eigenvalue weighted by molar-refractivity contribution is -0.117.